The molecule has 100 valence electrons. The maximum absolute atomic E-state index is 11.2. The summed E-state index contributed by atoms with van der Waals surface area (Å²) in [6.07, 6.45) is 6.85. The lowest BCUT2D eigenvalue weighted by molar-refractivity contribution is -0.118. The summed E-state index contributed by atoms with van der Waals surface area (Å²) in [6.45, 7) is 0.845. The molecular formula is C14H22N2OS. The Morgan fingerprint density at radius 2 is 2.22 bits per heavy atom. The monoisotopic (exact) mass is 266 g/mol. The molecule has 0 aliphatic heterocycles. The fourth-order valence-corrected chi connectivity index (χ4v) is 3.47. The molecule has 0 unspecified atom stereocenters. The van der Waals surface area contributed by atoms with Gasteiger partial charge in [0.2, 0.25) is 5.91 Å². The number of carbonyl (C=O) groups excluding carboxylic acids is 1. The highest BCUT2D eigenvalue weighted by atomic mass is 32.1. The molecule has 1 heterocycles. The lowest BCUT2D eigenvalue weighted by Gasteiger charge is -2.30. The van der Waals surface area contributed by atoms with Gasteiger partial charge in [0.05, 0.1) is 0 Å². The average Bonchev–Trinajstić information content (AvgIpc) is 2.88. The smallest absolute Gasteiger partial charge is 0.218 e. The Hall–Kier alpha value is -0.870. The van der Waals surface area contributed by atoms with Crippen LogP contribution in [0, 0.1) is 5.92 Å². The fourth-order valence-electron chi connectivity index (χ4n) is 2.80. The van der Waals surface area contributed by atoms with Crippen molar-refractivity contribution in [2.45, 2.75) is 51.1 Å². The van der Waals surface area contributed by atoms with Gasteiger partial charge >= 0.3 is 0 Å². The third kappa shape index (κ3) is 4.10. The molecule has 0 aromatic carbocycles. The summed E-state index contributed by atoms with van der Waals surface area (Å²) in [6, 6.07) is 2.38. The molecule has 1 saturated carbocycles. The normalized spacial score (nSPS) is 18.7. The van der Waals surface area contributed by atoms with E-state index in [2.05, 4.69) is 22.1 Å². The second-order valence-electron chi connectivity index (χ2n) is 5.19. The minimum absolute atomic E-state index is 0.191. The van der Waals surface area contributed by atoms with Crippen molar-refractivity contribution in [1.82, 2.24) is 5.32 Å². The summed E-state index contributed by atoms with van der Waals surface area (Å²) in [5, 5.41) is 7.76. The predicted octanol–water partition coefficient (Wildman–Crippen LogP) is 2.66. The van der Waals surface area contributed by atoms with Gasteiger partial charge in [-0.15, -0.1) is 0 Å². The van der Waals surface area contributed by atoms with E-state index >= 15 is 0 Å². The number of rotatable bonds is 6. The zero-order valence-electron chi connectivity index (χ0n) is 10.7. The molecule has 3 N–H and O–H groups in total. The Labute approximate surface area is 113 Å². The van der Waals surface area contributed by atoms with Gasteiger partial charge in [-0.1, -0.05) is 19.3 Å². The summed E-state index contributed by atoms with van der Waals surface area (Å²) in [7, 11) is 0. The maximum atomic E-state index is 11.2. The van der Waals surface area contributed by atoms with Gasteiger partial charge in [0.15, 0.2) is 0 Å². The van der Waals surface area contributed by atoms with Crippen molar-refractivity contribution in [2.75, 3.05) is 0 Å². The summed E-state index contributed by atoms with van der Waals surface area (Å²) in [4.78, 5) is 11.2. The number of nitrogens with one attached hydrogen (secondary N) is 1. The highest BCUT2D eigenvalue weighted by Gasteiger charge is 2.24. The van der Waals surface area contributed by atoms with Gasteiger partial charge < -0.3 is 11.1 Å². The second kappa shape index (κ2) is 6.90. The highest BCUT2D eigenvalue weighted by Crippen LogP contribution is 2.28. The minimum atomic E-state index is -0.191. The summed E-state index contributed by atoms with van der Waals surface area (Å²) >= 11 is 1.71. The number of nitrogens with two attached hydrogens (primary N) is 1. The minimum Gasteiger partial charge on any atom is -0.370 e. The van der Waals surface area contributed by atoms with E-state index in [0.29, 0.717) is 12.3 Å². The number of hydrogen-bond donors (Lipinski definition) is 2. The Morgan fingerprint density at radius 3 is 2.83 bits per heavy atom. The first kappa shape index (κ1) is 13.6. The van der Waals surface area contributed by atoms with E-state index in [0.717, 1.165) is 6.54 Å². The van der Waals surface area contributed by atoms with E-state index in [-0.39, 0.29) is 11.9 Å². The predicted molar refractivity (Wildman–Crippen MR) is 75.3 cm³/mol. The van der Waals surface area contributed by atoms with Crippen LogP contribution in [0.4, 0.5) is 0 Å². The van der Waals surface area contributed by atoms with Crippen LogP contribution in [0.2, 0.25) is 0 Å². The van der Waals surface area contributed by atoms with Crippen molar-refractivity contribution in [3.8, 4) is 0 Å². The molecule has 1 aliphatic rings. The lowest BCUT2D eigenvalue weighted by atomic mass is 9.82. The van der Waals surface area contributed by atoms with Gasteiger partial charge in [-0.3, -0.25) is 4.79 Å². The Bertz CT molecular complexity index is 358. The third-order valence-corrected chi connectivity index (χ3v) is 4.52. The zero-order chi connectivity index (χ0) is 12.8. The van der Waals surface area contributed by atoms with Crippen molar-refractivity contribution in [3.63, 3.8) is 0 Å². The van der Waals surface area contributed by atoms with Crippen LogP contribution in [0.25, 0.3) is 0 Å². The first-order chi connectivity index (χ1) is 8.75. The highest BCUT2D eigenvalue weighted by molar-refractivity contribution is 7.07. The number of amides is 1. The van der Waals surface area contributed by atoms with Gasteiger partial charge in [0.25, 0.3) is 0 Å². The van der Waals surface area contributed by atoms with E-state index in [1.807, 2.05) is 0 Å². The number of thiophene rings is 1. The van der Waals surface area contributed by atoms with Crippen LogP contribution in [0.15, 0.2) is 16.8 Å². The number of carbonyl (C=O) groups is 1. The van der Waals surface area contributed by atoms with Crippen LogP contribution in [0.5, 0.6) is 0 Å². The van der Waals surface area contributed by atoms with Crippen LogP contribution in [0.3, 0.4) is 0 Å². The van der Waals surface area contributed by atoms with Crippen molar-refractivity contribution in [2.24, 2.45) is 11.7 Å². The zero-order valence-corrected chi connectivity index (χ0v) is 11.5. The molecule has 18 heavy (non-hydrogen) atoms. The molecule has 3 nitrogen and oxygen atoms in total. The van der Waals surface area contributed by atoms with Crippen LogP contribution >= 0.6 is 11.3 Å². The largest absolute Gasteiger partial charge is 0.370 e. The number of hydrogen-bond acceptors (Lipinski definition) is 3. The van der Waals surface area contributed by atoms with E-state index in [9.17, 15) is 4.79 Å². The molecule has 1 aromatic heterocycles. The van der Waals surface area contributed by atoms with Crippen LogP contribution in [-0.2, 0) is 11.3 Å². The van der Waals surface area contributed by atoms with E-state index in [1.54, 1.807) is 11.3 Å². The van der Waals surface area contributed by atoms with Gasteiger partial charge in [-0.05, 0) is 41.1 Å². The maximum Gasteiger partial charge on any atom is 0.218 e. The van der Waals surface area contributed by atoms with Gasteiger partial charge in [-0.2, -0.15) is 11.3 Å². The molecule has 0 saturated heterocycles. The number of primary amides is 1. The molecule has 0 spiro atoms. The molecule has 1 amide bonds. The Kier molecular flexibility index (Phi) is 5.20. The summed E-state index contributed by atoms with van der Waals surface area (Å²) < 4.78 is 0. The van der Waals surface area contributed by atoms with Crippen molar-refractivity contribution in [3.05, 3.63) is 22.4 Å². The topological polar surface area (TPSA) is 55.1 Å². The van der Waals surface area contributed by atoms with Gasteiger partial charge in [-0.25, -0.2) is 0 Å². The molecule has 2 rings (SSSR count). The van der Waals surface area contributed by atoms with Gasteiger partial charge in [0.1, 0.15) is 0 Å². The molecule has 1 aromatic rings. The average molecular weight is 266 g/mol. The molecule has 1 fully saturated rings. The third-order valence-electron chi connectivity index (χ3n) is 3.79. The quantitative estimate of drug-likeness (QED) is 0.831. The Balaban J connectivity index is 1.89. The van der Waals surface area contributed by atoms with E-state index in [4.69, 9.17) is 5.73 Å². The van der Waals surface area contributed by atoms with E-state index in [1.165, 1.54) is 37.7 Å². The first-order valence-electron chi connectivity index (χ1n) is 6.78. The van der Waals surface area contributed by atoms with Crippen LogP contribution < -0.4 is 11.1 Å². The molecule has 1 aliphatic carbocycles. The standard InChI is InChI=1S/C14H22N2OS/c15-14(17)8-13(12-4-2-1-3-5-12)16-9-11-6-7-18-10-11/h6-7,10,12-13,16H,1-5,8-9H2,(H2,15,17)/t13-/m1/s1. The van der Waals surface area contributed by atoms with Crippen molar-refractivity contribution in [1.29, 1.82) is 0 Å². The fraction of sp³-hybridized carbons (Fsp3) is 0.643. The van der Waals surface area contributed by atoms with Crippen LogP contribution in [-0.4, -0.2) is 11.9 Å². The summed E-state index contributed by atoms with van der Waals surface area (Å²) in [5.41, 5.74) is 6.67. The van der Waals surface area contributed by atoms with Crippen molar-refractivity contribution >= 4 is 17.2 Å². The molecular weight excluding hydrogens is 244 g/mol. The molecule has 0 bridgehead atoms. The van der Waals surface area contributed by atoms with Gasteiger partial charge in [0, 0.05) is 19.0 Å². The van der Waals surface area contributed by atoms with Crippen molar-refractivity contribution < 1.29 is 4.79 Å². The summed E-state index contributed by atoms with van der Waals surface area (Å²) in [5.74, 6) is 0.424. The molecule has 4 heteroatoms. The molecule has 0 radical (unpaired) electrons. The second-order valence-corrected chi connectivity index (χ2v) is 5.97. The molecule has 1 atom stereocenters. The lowest BCUT2D eigenvalue weighted by Crippen LogP contribution is -2.40. The Morgan fingerprint density at radius 1 is 1.44 bits per heavy atom. The van der Waals surface area contributed by atoms with Crippen LogP contribution in [0.1, 0.15) is 44.1 Å². The van der Waals surface area contributed by atoms with E-state index < -0.39 is 0 Å². The SMILES string of the molecule is NC(=O)C[C@@H](NCc1ccsc1)C1CCCCC1. The first-order valence-corrected chi connectivity index (χ1v) is 7.73.